The summed E-state index contributed by atoms with van der Waals surface area (Å²) in [6.45, 7) is 2.91. The number of nitrogens with zero attached hydrogens (tertiary/aromatic N) is 2. The third-order valence-corrected chi connectivity index (χ3v) is 4.26. The number of ether oxygens (including phenoxy) is 1. The van der Waals surface area contributed by atoms with E-state index in [0.717, 1.165) is 0 Å². The topological polar surface area (TPSA) is 85.0 Å². The van der Waals surface area contributed by atoms with Gasteiger partial charge in [-0.3, -0.25) is 0 Å². The van der Waals surface area contributed by atoms with Crippen LogP contribution in [0.1, 0.15) is 13.3 Å². The Morgan fingerprint density at radius 1 is 1.42 bits per heavy atom. The van der Waals surface area contributed by atoms with Gasteiger partial charge in [0.2, 0.25) is 0 Å². The van der Waals surface area contributed by atoms with Gasteiger partial charge < -0.3 is 15.4 Å². The van der Waals surface area contributed by atoms with Crippen molar-refractivity contribution in [2.24, 2.45) is 4.40 Å². The van der Waals surface area contributed by atoms with Crippen LogP contribution >= 0.6 is 0 Å². The van der Waals surface area contributed by atoms with Gasteiger partial charge in [0.05, 0.1) is 12.3 Å². The molecule has 2 N–H and O–H groups in total. The zero-order valence-electron chi connectivity index (χ0n) is 11.0. The molecule has 0 bridgehead atoms. The van der Waals surface area contributed by atoms with Crippen LogP contribution < -0.4 is 10.6 Å². The fourth-order valence-electron chi connectivity index (χ4n) is 2.02. The first-order valence-corrected chi connectivity index (χ1v) is 7.43. The highest BCUT2D eigenvalue weighted by molar-refractivity contribution is 7.90. The number of rotatable bonds is 4. The van der Waals surface area contributed by atoms with Gasteiger partial charge in [-0.05, 0) is 18.2 Å². The summed E-state index contributed by atoms with van der Waals surface area (Å²) in [4.78, 5) is 2.01. The molecule has 0 spiro atoms. The second kappa shape index (κ2) is 5.18. The van der Waals surface area contributed by atoms with E-state index in [1.54, 1.807) is 19.2 Å². The predicted molar refractivity (Wildman–Crippen MR) is 75.0 cm³/mol. The predicted octanol–water partition coefficient (Wildman–Crippen LogP) is 1.23. The first kappa shape index (κ1) is 13.8. The number of benzene rings is 1. The van der Waals surface area contributed by atoms with E-state index >= 15 is 0 Å². The fourth-order valence-corrected chi connectivity index (χ4v) is 3.36. The van der Waals surface area contributed by atoms with Gasteiger partial charge in [-0.15, -0.1) is 4.40 Å². The lowest BCUT2D eigenvalue weighted by Gasteiger charge is -2.30. The smallest absolute Gasteiger partial charge is 0.286 e. The molecule has 7 heteroatoms. The van der Waals surface area contributed by atoms with Gasteiger partial charge in [0.25, 0.3) is 10.0 Å². The molecule has 0 aromatic heterocycles. The number of methoxy groups -OCH3 is 1. The molecule has 0 unspecified atom stereocenters. The SMILES string of the molecule is CCC1=NS(=O)(=O)c2cc(N)ccc2N1CCOC. The van der Waals surface area contributed by atoms with E-state index < -0.39 is 10.0 Å². The summed E-state index contributed by atoms with van der Waals surface area (Å²) in [7, 11) is -2.05. The summed E-state index contributed by atoms with van der Waals surface area (Å²) in [6, 6.07) is 4.84. The molecule has 1 heterocycles. The van der Waals surface area contributed by atoms with Crippen LogP contribution in [-0.2, 0) is 14.8 Å². The molecule has 6 nitrogen and oxygen atoms in total. The van der Waals surface area contributed by atoms with Crippen molar-refractivity contribution in [3.63, 3.8) is 0 Å². The van der Waals surface area contributed by atoms with Gasteiger partial charge in [-0.1, -0.05) is 6.92 Å². The van der Waals surface area contributed by atoms with Crippen LogP contribution in [0.3, 0.4) is 0 Å². The van der Waals surface area contributed by atoms with Crippen molar-refractivity contribution in [3.8, 4) is 0 Å². The van der Waals surface area contributed by atoms with E-state index in [1.165, 1.54) is 6.07 Å². The average Bonchev–Trinajstić information content (AvgIpc) is 2.37. The largest absolute Gasteiger partial charge is 0.399 e. The van der Waals surface area contributed by atoms with Crippen LogP contribution in [0, 0.1) is 0 Å². The minimum Gasteiger partial charge on any atom is -0.399 e. The second-order valence-corrected chi connectivity index (χ2v) is 5.78. The molecule has 1 aliphatic rings. The van der Waals surface area contributed by atoms with Gasteiger partial charge in [0.15, 0.2) is 0 Å². The number of nitrogen functional groups attached to an aromatic ring is 1. The first-order valence-electron chi connectivity index (χ1n) is 5.99. The molecule has 0 fully saturated rings. The van der Waals surface area contributed by atoms with Crippen molar-refractivity contribution in [2.45, 2.75) is 18.2 Å². The van der Waals surface area contributed by atoms with E-state index in [-0.39, 0.29) is 4.90 Å². The van der Waals surface area contributed by atoms with E-state index in [9.17, 15) is 8.42 Å². The maximum Gasteiger partial charge on any atom is 0.286 e. The number of anilines is 2. The zero-order chi connectivity index (χ0) is 14.0. The van der Waals surface area contributed by atoms with Crippen molar-refractivity contribution in [2.75, 3.05) is 30.9 Å². The number of sulfonamides is 1. The lowest BCUT2D eigenvalue weighted by atomic mass is 10.2. The monoisotopic (exact) mass is 283 g/mol. The molecule has 19 heavy (non-hydrogen) atoms. The quantitative estimate of drug-likeness (QED) is 0.840. The Labute approximate surface area is 112 Å². The lowest BCUT2D eigenvalue weighted by molar-refractivity contribution is 0.207. The molecule has 104 valence electrons. The van der Waals surface area contributed by atoms with Crippen LogP contribution in [0.25, 0.3) is 0 Å². The minimum atomic E-state index is -3.66. The highest BCUT2D eigenvalue weighted by Gasteiger charge is 2.29. The summed E-state index contributed by atoms with van der Waals surface area (Å²) in [5.41, 5.74) is 6.68. The molecule has 0 saturated heterocycles. The molecule has 1 aromatic carbocycles. The Balaban J connectivity index is 2.56. The van der Waals surface area contributed by atoms with Crippen LogP contribution in [-0.4, -0.2) is 34.5 Å². The summed E-state index contributed by atoms with van der Waals surface area (Å²) in [5.74, 6) is 0.523. The van der Waals surface area contributed by atoms with Gasteiger partial charge >= 0.3 is 0 Å². The van der Waals surface area contributed by atoms with E-state index in [4.69, 9.17) is 10.5 Å². The van der Waals surface area contributed by atoms with Crippen molar-refractivity contribution >= 4 is 27.2 Å². The van der Waals surface area contributed by atoms with Crippen LogP contribution in [0.15, 0.2) is 27.5 Å². The maximum atomic E-state index is 12.1. The minimum absolute atomic E-state index is 0.154. The number of amidine groups is 1. The molecular formula is C12H17N3O3S. The molecule has 0 atom stereocenters. The Morgan fingerprint density at radius 2 is 2.16 bits per heavy atom. The summed E-state index contributed by atoms with van der Waals surface area (Å²) >= 11 is 0. The lowest BCUT2D eigenvalue weighted by Crippen LogP contribution is -2.37. The molecule has 1 aromatic rings. The average molecular weight is 283 g/mol. The van der Waals surface area contributed by atoms with Crippen LogP contribution in [0.5, 0.6) is 0 Å². The molecule has 0 amide bonds. The van der Waals surface area contributed by atoms with Crippen LogP contribution in [0.4, 0.5) is 11.4 Å². The van der Waals surface area contributed by atoms with Crippen molar-refractivity contribution in [1.82, 2.24) is 0 Å². The Bertz CT molecular complexity index is 611. The molecule has 1 aliphatic heterocycles. The van der Waals surface area contributed by atoms with E-state index in [0.29, 0.717) is 36.8 Å². The molecule has 0 saturated carbocycles. The third-order valence-electron chi connectivity index (χ3n) is 2.92. The normalized spacial score (nSPS) is 16.9. The van der Waals surface area contributed by atoms with Crippen molar-refractivity contribution in [1.29, 1.82) is 0 Å². The molecule has 0 aliphatic carbocycles. The number of fused-ring (bicyclic) bond motifs is 1. The van der Waals surface area contributed by atoms with Crippen LogP contribution in [0.2, 0.25) is 0 Å². The van der Waals surface area contributed by atoms with Gasteiger partial charge in [0, 0.05) is 25.8 Å². The van der Waals surface area contributed by atoms with Gasteiger partial charge in [0.1, 0.15) is 10.7 Å². The fraction of sp³-hybridized carbons (Fsp3) is 0.417. The van der Waals surface area contributed by atoms with Crippen molar-refractivity contribution in [3.05, 3.63) is 18.2 Å². The number of hydrogen-bond acceptors (Lipinski definition) is 5. The zero-order valence-corrected chi connectivity index (χ0v) is 11.8. The van der Waals surface area contributed by atoms with Crippen molar-refractivity contribution < 1.29 is 13.2 Å². The molecular weight excluding hydrogens is 266 g/mol. The third kappa shape index (κ3) is 2.57. The van der Waals surface area contributed by atoms with E-state index in [1.807, 2.05) is 11.8 Å². The summed E-state index contributed by atoms with van der Waals surface area (Å²) in [6.07, 6.45) is 0.534. The standard InChI is InChI=1S/C12H17N3O3S/c1-3-12-14-19(16,17)11-8-9(13)4-5-10(11)15(12)6-7-18-2/h4-5,8H,3,6-7,13H2,1-2H3. The highest BCUT2D eigenvalue weighted by Crippen LogP contribution is 2.33. The Hall–Kier alpha value is -1.60. The second-order valence-electron chi connectivity index (χ2n) is 4.21. The molecule has 2 rings (SSSR count). The Morgan fingerprint density at radius 3 is 2.79 bits per heavy atom. The summed E-state index contributed by atoms with van der Waals surface area (Å²) < 4.78 is 33.1. The Kier molecular flexibility index (Phi) is 3.77. The maximum absolute atomic E-state index is 12.1. The summed E-state index contributed by atoms with van der Waals surface area (Å²) in [5, 5.41) is 0. The highest BCUT2D eigenvalue weighted by atomic mass is 32.2. The van der Waals surface area contributed by atoms with Gasteiger partial charge in [-0.25, -0.2) is 0 Å². The van der Waals surface area contributed by atoms with E-state index in [2.05, 4.69) is 4.40 Å². The number of hydrogen-bond donors (Lipinski definition) is 1. The molecule has 0 radical (unpaired) electrons. The number of nitrogens with two attached hydrogens (primary N) is 1. The first-order chi connectivity index (χ1) is 8.99. The van der Waals surface area contributed by atoms with Gasteiger partial charge in [-0.2, -0.15) is 8.42 Å².